The van der Waals surface area contributed by atoms with Crippen LogP contribution in [0.1, 0.15) is 0 Å². The second-order valence-corrected chi connectivity index (χ2v) is 13.1. The van der Waals surface area contributed by atoms with E-state index in [1.165, 1.54) is 52.8 Å². The molecule has 0 atom stereocenters. The Hall–Kier alpha value is -6.17. The molecule has 224 valence electrons. The van der Waals surface area contributed by atoms with E-state index in [-0.39, 0.29) is 0 Å². The van der Waals surface area contributed by atoms with Crippen molar-refractivity contribution in [2.24, 2.45) is 0 Å². The largest absolute Gasteiger partial charge is 0.309 e. The van der Waals surface area contributed by atoms with Gasteiger partial charge < -0.3 is 4.57 Å². The van der Waals surface area contributed by atoms with E-state index in [9.17, 15) is 0 Å². The third-order valence-electron chi connectivity index (χ3n) is 9.23. The highest BCUT2D eigenvalue weighted by Gasteiger charge is 2.17. The summed E-state index contributed by atoms with van der Waals surface area (Å²) in [5, 5.41) is 7.72. The summed E-state index contributed by atoms with van der Waals surface area (Å²) >= 11 is 1.87. The van der Waals surface area contributed by atoms with Crippen LogP contribution in [-0.4, -0.2) is 19.5 Å². The summed E-state index contributed by atoms with van der Waals surface area (Å²) in [5.41, 5.74) is 6.32. The molecule has 3 heterocycles. The number of hydrogen-bond donors (Lipinski definition) is 0. The molecule has 0 radical (unpaired) electrons. The zero-order chi connectivity index (χ0) is 31.6. The van der Waals surface area contributed by atoms with Gasteiger partial charge in [-0.1, -0.05) is 103 Å². The van der Waals surface area contributed by atoms with Crippen molar-refractivity contribution in [3.05, 3.63) is 158 Å². The molecule has 48 heavy (non-hydrogen) atoms. The van der Waals surface area contributed by atoms with Crippen LogP contribution in [0.15, 0.2) is 158 Å². The van der Waals surface area contributed by atoms with E-state index in [1.807, 2.05) is 72.0 Å². The van der Waals surface area contributed by atoms with Crippen LogP contribution >= 0.6 is 11.3 Å². The van der Waals surface area contributed by atoms with Gasteiger partial charge in [0.15, 0.2) is 17.5 Å². The second-order valence-electron chi connectivity index (χ2n) is 12.1. The smallest absolute Gasteiger partial charge is 0.164 e. The first-order valence-corrected chi connectivity index (χ1v) is 16.9. The summed E-state index contributed by atoms with van der Waals surface area (Å²) in [6.45, 7) is 0. The van der Waals surface area contributed by atoms with Crippen molar-refractivity contribution in [1.82, 2.24) is 19.5 Å². The molecule has 3 aromatic heterocycles. The number of nitrogens with zero attached hydrogens (tertiary/aromatic N) is 4. The van der Waals surface area contributed by atoms with Crippen LogP contribution in [0.2, 0.25) is 0 Å². The minimum absolute atomic E-state index is 0.648. The Balaban J connectivity index is 1.14. The molecule has 5 heteroatoms. The van der Waals surface area contributed by atoms with Crippen LogP contribution in [0.5, 0.6) is 0 Å². The van der Waals surface area contributed by atoms with Gasteiger partial charge in [0.05, 0.1) is 11.0 Å². The number of para-hydroxylation sites is 1. The topological polar surface area (TPSA) is 43.6 Å². The van der Waals surface area contributed by atoms with Gasteiger partial charge in [-0.05, 0) is 65.4 Å². The summed E-state index contributed by atoms with van der Waals surface area (Å²) < 4.78 is 5.02. The number of aromatic nitrogens is 4. The van der Waals surface area contributed by atoms with Crippen LogP contribution < -0.4 is 0 Å². The minimum Gasteiger partial charge on any atom is -0.309 e. The molecule has 10 rings (SSSR count). The summed E-state index contributed by atoms with van der Waals surface area (Å²) in [4.78, 5) is 14.7. The van der Waals surface area contributed by atoms with E-state index in [4.69, 9.17) is 15.0 Å². The molecule has 0 N–H and O–H groups in total. The van der Waals surface area contributed by atoms with E-state index in [2.05, 4.69) is 102 Å². The first-order chi connectivity index (χ1) is 23.8. The maximum atomic E-state index is 4.94. The molecule has 0 unspecified atom stereocenters. The second kappa shape index (κ2) is 10.7. The number of fused-ring (bicyclic) bond motifs is 8. The first kappa shape index (κ1) is 27.0. The minimum atomic E-state index is 0.648. The predicted molar refractivity (Wildman–Crippen MR) is 201 cm³/mol. The van der Waals surface area contributed by atoms with Gasteiger partial charge in [0.2, 0.25) is 0 Å². The molecule has 0 aliphatic carbocycles. The van der Waals surface area contributed by atoms with Crippen molar-refractivity contribution in [3.63, 3.8) is 0 Å². The Morgan fingerprint density at radius 2 is 0.979 bits per heavy atom. The van der Waals surface area contributed by atoms with Crippen molar-refractivity contribution in [2.75, 3.05) is 0 Å². The Kier molecular flexibility index (Phi) is 6.01. The maximum Gasteiger partial charge on any atom is 0.164 e. The Morgan fingerprint density at radius 3 is 1.67 bits per heavy atom. The lowest BCUT2D eigenvalue weighted by Crippen LogP contribution is -2.00. The monoisotopic (exact) mass is 630 g/mol. The molecule has 0 amide bonds. The molecule has 0 saturated heterocycles. The SMILES string of the molecule is c1ccc(-c2nc(-c3ccccc3)nc(-c3ccc(-n4c5ccccc5c5c6cc7sc8ccccc8c7cc6ccc54)cc3)n2)cc1. The third-order valence-corrected chi connectivity index (χ3v) is 10.4. The average molecular weight is 631 g/mol. The zero-order valence-electron chi connectivity index (χ0n) is 25.7. The number of thiophene rings is 1. The van der Waals surface area contributed by atoms with Crippen molar-refractivity contribution >= 4 is 64.1 Å². The number of benzene rings is 7. The van der Waals surface area contributed by atoms with Crippen molar-refractivity contribution in [1.29, 1.82) is 0 Å². The summed E-state index contributed by atoms with van der Waals surface area (Å²) in [6, 6.07) is 55.5. The summed E-state index contributed by atoms with van der Waals surface area (Å²) in [5.74, 6) is 1.96. The Bertz CT molecular complexity index is 2760. The van der Waals surface area contributed by atoms with Crippen molar-refractivity contribution in [3.8, 4) is 39.9 Å². The third kappa shape index (κ3) is 4.25. The van der Waals surface area contributed by atoms with Gasteiger partial charge in [-0.25, -0.2) is 15.0 Å². The van der Waals surface area contributed by atoms with Crippen LogP contribution in [0, 0.1) is 0 Å². The lowest BCUT2D eigenvalue weighted by Gasteiger charge is -2.11. The van der Waals surface area contributed by atoms with Gasteiger partial charge in [-0.15, -0.1) is 11.3 Å². The molecule has 10 aromatic rings. The van der Waals surface area contributed by atoms with Gasteiger partial charge >= 0.3 is 0 Å². The van der Waals surface area contributed by atoms with E-state index < -0.39 is 0 Å². The molecule has 0 aliphatic heterocycles. The lowest BCUT2D eigenvalue weighted by molar-refractivity contribution is 1.07. The molecule has 0 fully saturated rings. The van der Waals surface area contributed by atoms with E-state index >= 15 is 0 Å². The van der Waals surface area contributed by atoms with Gasteiger partial charge in [0, 0.05) is 53.3 Å². The summed E-state index contributed by atoms with van der Waals surface area (Å²) in [7, 11) is 0. The Morgan fingerprint density at radius 1 is 0.396 bits per heavy atom. The average Bonchev–Trinajstić information content (AvgIpc) is 3.70. The van der Waals surface area contributed by atoms with Crippen molar-refractivity contribution in [2.45, 2.75) is 0 Å². The fourth-order valence-corrected chi connectivity index (χ4v) is 8.11. The van der Waals surface area contributed by atoms with Gasteiger partial charge in [-0.2, -0.15) is 0 Å². The highest BCUT2D eigenvalue weighted by molar-refractivity contribution is 7.25. The standard InChI is InChI=1S/C43H26N4S/c1-3-11-27(12-4-1)41-44-42(28-13-5-2-6-14-28)46-43(45-41)29-19-22-31(23-20-29)47-36-17-9-7-16-33(36)40-34-26-39-35(25-30(34)21-24-37(40)47)32-15-8-10-18-38(32)48-39/h1-26H. The summed E-state index contributed by atoms with van der Waals surface area (Å²) in [6.07, 6.45) is 0. The van der Waals surface area contributed by atoms with Crippen LogP contribution in [0.4, 0.5) is 0 Å². The van der Waals surface area contributed by atoms with Crippen LogP contribution in [0.3, 0.4) is 0 Å². The normalized spacial score (nSPS) is 11.8. The fraction of sp³-hybridized carbons (Fsp3) is 0. The van der Waals surface area contributed by atoms with Crippen molar-refractivity contribution < 1.29 is 0 Å². The Labute approximate surface area is 280 Å². The number of hydrogen-bond acceptors (Lipinski definition) is 4. The first-order valence-electron chi connectivity index (χ1n) is 16.0. The molecule has 0 bridgehead atoms. The lowest BCUT2D eigenvalue weighted by atomic mass is 10.0. The molecular weight excluding hydrogens is 605 g/mol. The molecule has 4 nitrogen and oxygen atoms in total. The van der Waals surface area contributed by atoms with Gasteiger partial charge in [-0.3, -0.25) is 0 Å². The maximum absolute atomic E-state index is 4.94. The number of rotatable bonds is 4. The molecule has 0 saturated carbocycles. The molecule has 0 aliphatic rings. The van der Waals surface area contributed by atoms with Crippen LogP contribution in [-0.2, 0) is 0 Å². The van der Waals surface area contributed by atoms with E-state index in [0.29, 0.717) is 17.5 Å². The van der Waals surface area contributed by atoms with Gasteiger partial charge in [0.1, 0.15) is 0 Å². The zero-order valence-corrected chi connectivity index (χ0v) is 26.5. The predicted octanol–water partition coefficient (Wildman–Crippen LogP) is 11.5. The van der Waals surface area contributed by atoms with Gasteiger partial charge in [0.25, 0.3) is 0 Å². The highest BCUT2D eigenvalue weighted by atomic mass is 32.1. The molecular formula is C43H26N4S. The van der Waals surface area contributed by atoms with E-state index in [1.54, 1.807) is 0 Å². The fourth-order valence-electron chi connectivity index (χ4n) is 6.99. The molecule has 0 spiro atoms. The highest BCUT2D eigenvalue weighted by Crippen LogP contribution is 2.41. The molecule has 7 aromatic carbocycles. The van der Waals surface area contributed by atoms with Crippen LogP contribution in [0.25, 0.3) is 92.6 Å². The van der Waals surface area contributed by atoms with E-state index in [0.717, 1.165) is 22.4 Å². The quantitative estimate of drug-likeness (QED) is 0.194.